The Labute approximate surface area is 181 Å². The van der Waals surface area contributed by atoms with Crippen LogP contribution in [0.1, 0.15) is 24.8 Å². The second-order valence-electron chi connectivity index (χ2n) is 7.90. The van der Waals surface area contributed by atoms with Crippen LogP contribution in [0.5, 0.6) is 0 Å². The summed E-state index contributed by atoms with van der Waals surface area (Å²) in [5.74, 6) is -1.31. The van der Waals surface area contributed by atoms with E-state index in [4.69, 9.17) is 0 Å². The molecule has 2 amide bonds. The Morgan fingerprint density at radius 2 is 1.77 bits per heavy atom. The summed E-state index contributed by atoms with van der Waals surface area (Å²) in [6.07, 6.45) is 3.01. The Hall–Kier alpha value is -2.52. The van der Waals surface area contributed by atoms with Crippen LogP contribution in [0.3, 0.4) is 0 Å². The van der Waals surface area contributed by atoms with Crippen molar-refractivity contribution in [1.29, 1.82) is 0 Å². The summed E-state index contributed by atoms with van der Waals surface area (Å²) in [6, 6.07) is 10.2. The molecule has 1 saturated heterocycles. The topological polar surface area (TPSA) is 69.7 Å². The van der Waals surface area contributed by atoms with Crippen molar-refractivity contribution < 1.29 is 22.0 Å². The molecule has 168 valence electrons. The van der Waals surface area contributed by atoms with Gasteiger partial charge in [-0.25, -0.2) is 26.7 Å². The number of hydrogen-bond donors (Lipinski definition) is 1. The molecule has 31 heavy (non-hydrogen) atoms. The summed E-state index contributed by atoms with van der Waals surface area (Å²) in [5.41, 5.74) is 0.934. The van der Waals surface area contributed by atoms with Gasteiger partial charge in [0.25, 0.3) is 0 Å². The minimum absolute atomic E-state index is 0.108. The van der Waals surface area contributed by atoms with Crippen LogP contribution in [-0.4, -0.2) is 56.7 Å². The molecule has 1 aliphatic rings. The van der Waals surface area contributed by atoms with Gasteiger partial charge in [-0.2, -0.15) is 0 Å². The molecule has 0 saturated carbocycles. The average molecular weight is 452 g/mol. The number of carbonyl (C=O) groups excluding carboxylic acids is 1. The first kappa shape index (κ1) is 23.1. The molecule has 1 N–H and O–H groups in total. The predicted octanol–water partition coefficient (Wildman–Crippen LogP) is 3.59. The van der Waals surface area contributed by atoms with E-state index in [2.05, 4.69) is 4.72 Å². The maximum Gasteiger partial charge on any atom is 0.320 e. The molecule has 1 heterocycles. The van der Waals surface area contributed by atoms with E-state index in [9.17, 15) is 22.0 Å². The van der Waals surface area contributed by atoms with Crippen molar-refractivity contribution in [3.8, 4) is 11.1 Å². The molecule has 2 aromatic carbocycles. The monoisotopic (exact) mass is 451 g/mol. The Morgan fingerprint density at radius 3 is 2.45 bits per heavy atom. The highest BCUT2D eigenvalue weighted by Gasteiger charge is 2.25. The maximum atomic E-state index is 14.3. The molecular formula is C22H27F2N3O3S. The Morgan fingerprint density at radius 1 is 1.10 bits per heavy atom. The fourth-order valence-electron chi connectivity index (χ4n) is 3.93. The third-order valence-corrected chi connectivity index (χ3v) is 6.12. The highest BCUT2D eigenvalue weighted by molar-refractivity contribution is 7.88. The van der Waals surface area contributed by atoms with E-state index >= 15 is 0 Å². The fourth-order valence-corrected chi connectivity index (χ4v) is 4.77. The number of benzene rings is 2. The molecule has 1 unspecified atom stereocenters. The largest absolute Gasteiger partial charge is 0.325 e. The first-order valence-electron chi connectivity index (χ1n) is 10.2. The van der Waals surface area contributed by atoms with Crippen molar-refractivity contribution in [1.82, 2.24) is 14.5 Å². The van der Waals surface area contributed by atoms with Gasteiger partial charge in [0, 0.05) is 32.7 Å². The molecule has 1 fully saturated rings. The summed E-state index contributed by atoms with van der Waals surface area (Å²) in [5, 5.41) is 0. The van der Waals surface area contributed by atoms with E-state index in [-0.39, 0.29) is 24.2 Å². The average Bonchev–Trinajstić information content (AvgIpc) is 2.92. The van der Waals surface area contributed by atoms with Gasteiger partial charge >= 0.3 is 6.03 Å². The van der Waals surface area contributed by atoms with Gasteiger partial charge in [0.05, 0.1) is 11.8 Å². The normalized spacial score (nSPS) is 17.3. The van der Waals surface area contributed by atoms with Gasteiger partial charge in [-0.3, -0.25) is 0 Å². The Kier molecular flexibility index (Phi) is 7.27. The number of nitrogens with one attached hydrogen (secondary N) is 1. The number of amides is 2. The van der Waals surface area contributed by atoms with E-state index in [1.54, 1.807) is 36.2 Å². The van der Waals surface area contributed by atoms with Crippen molar-refractivity contribution in [2.45, 2.75) is 31.8 Å². The van der Waals surface area contributed by atoms with Crippen LogP contribution in [0.2, 0.25) is 0 Å². The second kappa shape index (κ2) is 9.74. The van der Waals surface area contributed by atoms with Gasteiger partial charge in [0.2, 0.25) is 10.0 Å². The highest BCUT2D eigenvalue weighted by atomic mass is 32.2. The molecule has 9 heteroatoms. The zero-order valence-corrected chi connectivity index (χ0v) is 18.5. The van der Waals surface area contributed by atoms with Gasteiger partial charge in [-0.05, 0) is 42.5 Å². The zero-order chi connectivity index (χ0) is 22.6. The molecule has 0 radical (unpaired) electrons. The minimum Gasteiger partial charge on any atom is -0.325 e. The maximum absolute atomic E-state index is 14.3. The van der Waals surface area contributed by atoms with Crippen molar-refractivity contribution in [2.75, 3.05) is 26.4 Å². The van der Waals surface area contributed by atoms with Crippen LogP contribution in [0.25, 0.3) is 11.1 Å². The molecule has 1 atom stereocenters. The van der Waals surface area contributed by atoms with Crippen LogP contribution >= 0.6 is 0 Å². The van der Waals surface area contributed by atoms with Gasteiger partial charge in [0.15, 0.2) is 0 Å². The van der Waals surface area contributed by atoms with Crippen LogP contribution in [0, 0.1) is 11.6 Å². The van der Waals surface area contributed by atoms with Gasteiger partial charge in [-0.15, -0.1) is 0 Å². The van der Waals surface area contributed by atoms with Crippen LogP contribution < -0.4 is 4.72 Å². The summed E-state index contributed by atoms with van der Waals surface area (Å²) in [4.78, 5) is 16.2. The number of likely N-dealkylation sites (tertiary alicyclic amines) is 1. The molecule has 0 aliphatic carbocycles. The van der Waals surface area contributed by atoms with E-state index in [0.717, 1.165) is 6.26 Å². The van der Waals surface area contributed by atoms with Gasteiger partial charge in [0.1, 0.15) is 11.6 Å². The van der Waals surface area contributed by atoms with E-state index < -0.39 is 21.7 Å². The molecule has 0 bridgehead atoms. The zero-order valence-electron chi connectivity index (χ0n) is 17.6. The van der Waals surface area contributed by atoms with Gasteiger partial charge in [-0.1, -0.05) is 30.3 Å². The predicted molar refractivity (Wildman–Crippen MR) is 116 cm³/mol. The lowest BCUT2D eigenvalue weighted by Crippen LogP contribution is -2.42. The first-order chi connectivity index (χ1) is 14.7. The minimum atomic E-state index is -3.30. The van der Waals surface area contributed by atoms with E-state index in [0.29, 0.717) is 43.5 Å². The summed E-state index contributed by atoms with van der Waals surface area (Å²) in [7, 11) is -1.65. The molecule has 6 nitrogen and oxygen atoms in total. The Balaban J connectivity index is 1.72. The Bertz CT molecular complexity index is 1030. The third kappa shape index (κ3) is 6.01. The number of halogens is 2. The highest BCUT2D eigenvalue weighted by Crippen LogP contribution is 2.30. The number of urea groups is 1. The van der Waals surface area contributed by atoms with Gasteiger partial charge < -0.3 is 9.80 Å². The quantitative estimate of drug-likeness (QED) is 0.755. The summed E-state index contributed by atoms with van der Waals surface area (Å²) in [6.45, 7) is 1.14. The molecule has 2 aromatic rings. The second-order valence-corrected chi connectivity index (χ2v) is 9.68. The van der Waals surface area contributed by atoms with E-state index in [1.165, 1.54) is 23.1 Å². The number of carbonyl (C=O) groups is 1. The van der Waals surface area contributed by atoms with Crippen LogP contribution in [0.15, 0.2) is 42.5 Å². The smallest absolute Gasteiger partial charge is 0.320 e. The molecule has 1 aliphatic heterocycles. The fraction of sp³-hybridized carbons (Fsp3) is 0.409. The summed E-state index contributed by atoms with van der Waals surface area (Å²) >= 11 is 0. The lowest BCUT2D eigenvalue weighted by molar-refractivity contribution is 0.162. The lowest BCUT2D eigenvalue weighted by Gasteiger charge is -2.28. The number of sulfonamides is 1. The van der Waals surface area contributed by atoms with E-state index in [1.807, 2.05) is 0 Å². The molecular weight excluding hydrogens is 424 g/mol. The number of nitrogens with zero attached hydrogens (tertiary/aromatic N) is 2. The molecule has 3 rings (SSSR count). The van der Waals surface area contributed by atoms with Crippen LogP contribution in [-0.2, 0) is 16.6 Å². The van der Waals surface area contributed by atoms with Crippen molar-refractivity contribution >= 4 is 16.1 Å². The summed E-state index contributed by atoms with van der Waals surface area (Å²) < 4.78 is 54.2. The first-order valence-corrected chi connectivity index (χ1v) is 12.0. The third-order valence-electron chi connectivity index (χ3n) is 5.36. The van der Waals surface area contributed by atoms with Crippen molar-refractivity contribution in [2.24, 2.45) is 0 Å². The molecule has 0 spiro atoms. The SMILES string of the molecule is CN(Cc1ccccc1-c1c(F)cccc1F)C(=O)N1CCCC(NS(C)(=O)=O)CC1. The van der Waals surface area contributed by atoms with Crippen molar-refractivity contribution in [3.63, 3.8) is 0 Å². The van der Waals surface area contributed by atoms with Crippen molar-refractivity contribution in [3.05, 3.63) is 59.7 Å². The lowest BCUT2D eigenvalue weighted by atomic mass is 9.98. The van der Waals surface area contributed by atoms with Crippen LogP contribution in [0.4, 0.5) is 13.6 Å². The number of hydrogen-bond acceptors (Lipinski definition) is 3. The molecule has 0 aromatic heterocycles. The number of rotatable bonds is 5. The standard InChI is InChI=1S/C22H27F2N3O3S/c1-26(22(28)27-13-6-8-17(12-14-27)25-31(2,29)30)15-16-7-3-4-9-18(16)21-19(23)10-5-11-20(21)24/h3-5,7,9-11,17,25H,6,8,12-15H2,1-2H3.